The monoisotopic (exact) mass is 376 g/mol. The van der Waals surface area contributed by atoms with Gasteiger partial charge in [-0.3, -0.25) is 9.69 Å². The standard InChI is InChI=1S/C18H20N2O5S/c1-10-15(17(22)25-4)16(20-14(21)7-8-26-18(20)19-10)11-5-6-12(23-2)13(9-11)24-3/h5-6,9,16H,7-8H2,1-4H3. The minimum Gasteiger partial charge on any atom is -0.493 e. The van der Waals surface area contributed by atoms with Gasteiger partial charge in [0, 0.05) is 12.2 Å². The molecule has 8 heteroatoms. The molecule has 1 saturated heterocycles. The SMILES string of the molecule is COC(=O)C1=C(C)N=C2SCCC(=O)N2C1c1ccc(OC)c(OC)c1. The van der Waals surface area contributed by atoms with Crippen molar-refractivity contribution in [2.45, 2.75) is 19.4 Å². The summed E-state index contributed by atoms with van der Waals surface area (Å²) < 4.78 is 15.6. The van der Waals surface area contributed by atoms with Crippen LogP contribution >= 0.6 is 11.8 Å². The molecule has 2 heterocycles. The molecular weight excluding hydrogens is 356 g/mol. The van der Waals surface area contributed by atoms with E-state index in [-0.39, 0.29) is 5.91 Å². The molecule has 0 radical (unpaired) electrons. The lowest BCUT2D eigenvalue weighted by atomic mass is 9.94. The summed E-state index contributed by atoms with van der Waals surface area (Å²) in [6.45, 7) is 1.75. The summed E-state index contributed by atoms with van der Waals surface area (Å²) in [6, 6.07) is 4.73. The Morgan fingerprint density at radius 3 is 2.62 bits per heavy atom. The van der Waals surface area contributed by atoms with Crippen LogP contribution in [0.2, 0.25) is 0 Å². The predicted molar refractivity (Wildman–Crippen MR) is 98.4 cm³/mol. The zero-order valence-corrected chi connectivity index (χ0v) is 15.9. The van der Waals surface area contributed by atoms with Crippen LogP contribution in [0.4, 0.5) is 0 Å². The summed E-state index contributed by atoms with van der Waals surface area (Å²) in [6.07, 6.45) is 0.390. The van der Waals surface area contributed by atoms with E-state index in [0.29, 0.717) is 40.1 Å². The maximum atomic E-state index is 12.7. The molecule has 1 fully saturated rings. The van der Waals surface area contributed by atoms with E-state index < -0.39 is 12.0 Å². The molecule has 1 atom stereocenters. The fourth-order valence-corrected chi connectivity index (χ4v) is 4.11. The lowest BCUT2D eigenvalue weighted by Crippen LogP contribution is -2.45. The zero-order chi connectivity index (χ0) is 18.8. The van der Waals surface area contributed by atoms with Gasteiger partial charge in [-0.25, -0.2) is 9.79 Å². The van der Waals surface area contributed by atoms with Gasteiger partial charge >= 0.3 is 5.97 Å². The molecule has 1 unspecified atom stereocenters. The van der Waals surface area contributed by atoms with Gasteiger partial charge in [0.1, 0.15) is 0 Å². The van der Waals surface area contributed by atoms with Crippen LogP contribution in [-0.4, -0.2) is 49.0 Å². The second-order valence-corrected chi connectivity index (χ2v) is 6.83. The molecule has 0 N–H and O–H groups in total. The van der Waals surface area contributed by atoms with E-state index in [0.717, 1.165) is 5.56 Å². The lowest BCUT2D eigenvalue weighted by Gasteiger charge is -2.38. The molecule has 7 nitrogen and oxygen atoms in total. The highest BCUT2D eigenvalue weighted by atomic mass is 32.2. The molecule has 0 bridgehead atoms. The lowest BCUT2D eigenvalue weighted by molar-refractivity contribution is -0.137. The van der Waals surface area contributed by atoms with Gasteiger partial charge in [0.05, 0.1) is 38.6 Å². The Morgan fingerprint density at radius 2 is 1.96 bits per heavy atom. The van der Waals surface area contributed by atoms with Crippen LogP contribution in [0.25, 0.3) is 0 Å². The molecule has 0 saturated carbocycles. The summed E-state index contributed by atoms with van der Waals surface area (Å²) in [5, 5.41) is 0.603. The summed E-state index contributed by atoms with van der Waals surface area (Å²) in [5.41, 5.74) is 1.62. The molecular formula is C18H20N2O5S. The quantitative estimate of drug-likeness (QED) is 0.752. The number of amides is 1. The first-order chi connectivity index (χ1) is 12.5. The van der Waals surface area contributed by atoms with Gasteiger partial charge in [0.15, 0.2) is 16.7 Å². The summed E-state index contributed by atoms with van der Waals surface area (Å²) >= 11 is 1.50. The number of esters is 1. The molecule has 1 amide bonds. The first-order valence-corrected chi connectivity index (χ1v) is 9.05. The van der Waals surface area contributed by atoms with Crippen molar-refractivity contribution in [3.8, 4) is 11.5 Å². The van der Waals surface area contributed by atoms with E-state index in [2.05, 4.69) is 4.99 Å². The van der Waals surface area contributed by atoms with Gasteiger partial charge in [-0.1, -0.05) is 17.8 Å². The number of rotatable bonds is 4. The third kappa shape index (κ3) is 3.05. The number of nitrogens with zero attached hydrogens (tertiary/aromatic N) is 2. The number of carbonyl (C=O) groups excluding carboxylic acids is 2. The van der Waals surface area contributed by atoms with Crippen molar-refractivity contribution in [3.05, 3.63) is 35.0 Å². The summed E-state index contributed by atoms with van der Waals surface area (Å²) in [4.78, 5) is 31.2. The van der Waals surface area contributed by atoms with E-state index in [9.17, 15) is 9.59 Å². The predicted octanol–water partition coefficient (Wildman–Crippen LogP) is 2.53. The summed E-state index contributed by atoms with van der Waals surface area (Å²) in [5.74, 6) is 1.19. The van der Waals surface area contributed by atoms with Crippen molar-refractivity contribution in [2.24, 2.45) is 4.99 Å². The average Bonchev–Trinajstić information content (AvgIpc) is 2.66. The first kappa shape index (κ1) is 18.3. The number of hydrogen-bond donors (Lipinski definition) is 0. The van der Waals surface area contributed by atoms with E-state index in [4.69, 9.17) is 14.2 Å². The van der Waals surface area contributed by atoms with Crippen molar-refractivity contribution in [1.29, 1.82) is 0 Å². The van der Waals surface area contributed by atoms with Crippen LogP contribution < -0.4 is 9.47 Å². The number of fused-ring (bicyclic) bond motifs is 1. The molecule has 26 heavy (non-hydrogen) atoms. The highest BCUT2D eigenvalue weighted by molar-refractivity contribution is 8.14. The van der Waals surface area contributed by atoms with Crippen molar-refractivity contribution >= 4 is 28.8 Å². The number of carbonyl (C=O) groups is 2. The minimum atomic E-state index is -0.616. The van der Waals surface area contributed by atoms with E-state index >= 15 is 0 Å². The minimum absolute atomic E-state index is 0.0730. The first-order valence-electron chi connectivity index (χ1n) is 8.06. The number of benzene rings is 1. The van der Waals surface area contributed by atoms with Gasteiger partial charge in [0.25, 0.3) is 0 Å². The highest BCUT2D eigenvalue weighted by Gasteiger charge is 2.41. The number of hydrogen-bond acceptors (Lipinski definition) is 7. The maximum absolute atomic E-state index is 12.7. The van der Waals surface area contributed by atoms with E-state index in [1.54, 1.807) is 38.2 Å². The Hall–Kier alpha value is -2.48. The normalized spacial score (nSPS) is 19.7. The van der Waals surface area contributed by atoms with Crippen LogP contribution in [0.15, 0.2) is 34.5 Å². The maximum Gasteiger partial charge on any atom is 0.338 e. The van der Waals surface area contributed by atoms with Crippen LogP contribution in [-0.2, 0) is 14.3 Å². The van der Waals surface area contributed by atoms with Gasteiger partial charge in [-0.05, 0) is 24.6 Å². The Labute approximate surface area is 156 Å². The highest BCUT2D eigenvalue weighted by Crippen LogP contribution is 2.42. The van der Waals surface area contributed by atoms with Gasteiger partial charge < -0.3 is 14.2 Å². The second kappa shape index (κ2) is 7.41. The zero-order valence-electron chi connectivity index (χ0n) is 15.1. The van der Waals surface area contributed by atoms with Crippen molar-refractivity contribution in [3.63, 3.8) is 0 Å². The van der Waals surface area contributed by atoms with Gasteiger partial charge in [-0.15, -0.1) is 0 Å². The number of methoxy groups -OCH3 is 3. The fraction of sp³-hybridized carbons (Fsp3) is 0.389. The van der Waals surface area contributed by atoms with Crippen LogP contribution in [0.3, 0.4) is 0 Å². The molecule has 1 aromatic rings. The van der Waals surface area contributed by atoms with Crippen LogP contribution in [0.1, 0.15) is 24.9 Å². The van der Waals surface area contributed by atoms with Crippen molar-refractivity contribution in [2.75, 3.05) is 27.1 Å². The molecule has 0 spiro atoms. The number of amidine groups is 1. The van der Waals surface area contributed by atoms with Gasteiger partial charge in [-0.2, -0.15) is 0 Å². The summed E-state index contributed by atoms with van der Waals surface area (Å²) in [7, 11) is 4.41. The third-order valence-corrected chi connectivity index (χ3v) is 5.29. The van der Waals surface area contributed by atoms with Crippen molar-refractivity contribution in [1.82, 2.24) is 4.90 Å². The van der Waals surface area contributed by atoms with E-state index in [1.807, 2.05) is 6.07 Å². The second-order valence-electron chi connectivity index (χ2n) is 5.76. The molecule has 138 valence electrons. The molecule has 1 aromatic carbocycles. The Kier molecular flexibility index (Phi) is 5.22. The Bertz CT molecular complexity index is 818. The molecule has 3 rings (SSSR count). The van der Waals surface area contributed by atoms with Crippen LogP contribution in [0.5, 0.6) is 11.5 Å². The third-order valence-electron chi connectivity index (χ3n) is 4.34. The molecule has 2 aliphatic heterocycles. The number of aliphatic imine (C=N–C) groups is 1. The fourth-order valence-electron chi connectivity index (χ4n) is 3.11. The van der Waals surface area contributed by atoms with Gasteiger partial charge in [0.2, 0.25) is 5.91 Å². The number of thioether (sulfide) groups is 1. The molecule has 2 aliphatic rings. The van der Waals surface area contributed by atoms with Crippen LogP contribution in [0, 0.1) is 0 Å². The Balaban J connectivity index is 2.18. The van der Waals surface area contributed by atoms with E-state index in [1.165, 1.54) is 18.9 Å². The smallest absolute Gasteiger partial charge is 0.338 e. The Morgan fingerprint density at radius 1 is 1.23 bits per heavy atom. The molecule has 0 aliphatic carbocycles. The number of ether oxygens (including phenoxy) is 3. The largest absolute Gasteiger partial charge is 0.493 e. The average molecular weight is 376 g/mol. The number of allylic oxidation sites excluding steroid dienone is 1. The topological polar surface area (TPSA) is 77.4 Å². The van der Waals surface area contributed by atoms with Crippen molar-refractivity contribution < 1.29 is 23.8 Å². The molecule has 0 aromatic heterocycles.